The van der Waals surface area contributed by atoms with Crippen molar-refractivity contribution in [2.75, 3.05) is 11.1 Å². The summed E-state index contributed by atoms with van der Waals surface area (Å²) in [5, 5.41) is 11.7. The molecule has 0 spiro atoms. The van der Waals surface area contributed by atoms with Crippen molar-refractivity contribution in [3.05, 3.63) is 62.9 Å². The maximum Gasteiger partial charge on any atom is 0.277 e. The SMILES string of the molecule is Cc1cc(Br)cc(C)c1NC(=O)CSc1nnc(COc2ccc(Cl)cc2)o1. The van der Waals surface area contributed by atoms with Gasteiger partial charge in [0.1, 0.15) is 5.75 Å². The Morgan fingerprint density at radius 1 is 1.21 bits per heavy atom. The number of rotatable bonds is 7. The molecule has 1 heterocycles. The number of aryl methyl sites for hydroxylation is 2. The van der Waals surface area contributed by atoms with Gasteiger partial charge in [-0.2, -0.15) is 0 Å². The summed E-state index contributed by atoms with van der Waals surface area (Å²) >= 11 is 10.5. The molecule has 0 radical (unpaired) electrons. The van der Waals surface area contributed by atoms with Crippen molar-refractivity contribution in [3.8, 4) is 5.75 Å². The van der Waals surface area contributed by atoms with Crippen LogP contribution in [0.25, 0.3) is 0 Å². The van der Waals surface area contributed by atoms with Crippen molar-refractivity contribution in [1.82, 2.24) is 10.2 Å². The maximum absolute atomic E-state index is 12.3. The summed E-state index contributed by atoms with van der Waals surface area (Å²) < 4.78 is 12.0. The number of aromatic nitrogens is 2. The predicted octanol–water partition coefficient (Wildman–Crippen LogP) is 5.41. The number of benzene rings is 2. The van der Waals surface area contributed by atoms with Crippen molar-refractivity contribution in [3.63, 3.8) is 0 Å². The van der Waals surface area contributed by atoms with Crippen LogP contribution in [0.5, 0.6) is 5.75 Å². The number of nitrogens with zero attached hydrogens (tertiary/aromatic N) is 2. The van der Waals surface area contributed by atoms with Gasteiger partial charge < -0.3 is 14.5 Å². The number of carbonyl (C=O) groups is 1. The fourth-order valence-corrected chi connectivity index (χ4v) is 3.83. The highest BCUT2D eigenvalue weighted by molar-refractivity contribution is 9.10. The molecule has 6 nitrogen and oxygen atoms in total. The molecule has 0 saturated heterocycles. The third kappa shape index (κ3) is 5.73. The number of thioether (sulfide) groups is 1. The zero-order chi connectivity index (χ0) is 20.1. The first kappa shape index (κ1) is 20.7. The Kier molecular flexibility index (Phi) is 6.98. The molecule has 0 aliphatic carbocycles. The molecular weight excluding hydrogens is 466 g/mol. The average molecular weight is 483 g/mol. The van der Waals surface area contributed by atoms with Crippen molar-refractivity contribution >= 4 is 50.9 Å². The molecule has 3 rings (SSSR count). The molecule has 1 aromatic heterocycles. The number of hydrogen-bond acceptors (Lipinski definition) is 6. The van der Waals surface area contributed by atoms with Gasteiger partial charge in [-0.25, -0.2) is 0 Å². The van der Waals surface area contributed by atoms with Crippen LogP contribution >= 0.6 is 39.3 Å². The van der Waals surface area contributed by atoms with Gasteiger partial charge in [0.2, 0.25) is 5.91 Å². The molecule has 0 bridgehead atoms. The van der Waals surface area contributed by atoms with Crippen LogP contribution in [0.2, 0.25) is 5.02 Å². The third-order valence-corrected chi connectivity index (χ3v) is 5.24. The molecule has 28 heavy (non-hydrogen) atoms. The molecule has 1 amide bonds. The molecule has 0 aliphatic rings. The topological polar surface area (TPSA) is 77.2 Å². The van der Waals surface area contributed by atoms with E-state index in [2.05, 4.69) is 31.4 Å². The molecule has 0 fully saturated rings. The first-order valence-electron chi connectivity index (χ1n) is 8.31. The van der Waals surface area contributed by atoms with E-state index in [0.717, 1.165) is 21.3 Å². The van der Waals surface area contributed by atoms with E-state index in [1.807, 2.05) is 26.0 Å². The largest absolute Gasteiger partial charge is 0.484 e. The third-order valence-electron chi connectivity index (χ3n) is 3.71. The first-order chi connectivity index (χ1) is 13.4. The highest BCUT2D eigenvalue weighted by Crippen LogP contribution is 2.26. The van der Waals surface area contributed by atoms with Crippen molar-refractivity contribution in [1.29, 1.82) is 0 Å². The Hall–Kier alpha value is -2.03. The number of ether oxygens (including phenoxy) is 1. The second-order valence-corrected chi connectivity index (χ2v) is 8.23. The average Bonchev–Trinajstić information content (AvgIpc) is 3.10. The highest BCUT2D eigenvalue weighted by atomic mass is 79.9. The number of carbonyl (C=O) groups excluding carboxylic acids is 1. The summed E-state index contributed by atoms with van der Waals surface area (Å²) in [6.45, 7) is 4.04. The molecule has 0 aliphatic heterocycles. The van der Waals surface area contributed by atoms with Gasteiger partial charge in [0.05, 0.1) is 5.75 Å². The Morgan fingerprint density at radius 3 is 2.57 bits per heavy atom. The fourth-order valence-electron chi connectivity index (χ4n) is 2.44. The van der Waals surface area contributed by atoms with Crippen molar-refractivity contribution in [2.24, 2.45) is 0 Å². The van der Waals surface area contributed by atoms with Gasteiger partial charge in [-0.1, -0.05) is 39.3 Å². The molecule has 0 atom stereocenters. The van der Waals surface area contributed by atoms with Crippen molar-refractivity contribution in [2.45, 2.75) is 25.7 Å². The van der Waals surface area contributed by atoms with E-state index in [9.17, 15) is 4.79 Å². The summed E-state index contributed by atoms with van der Waals surface area (Å²) in [7, 11) is 0. The maximum atomic E-state index is 12.3. The van der Waals surface area contributed by atoms with E-state index in [4.69, 9.17) is 20.8 Å². The Labute approximate surface area is 180 Å². The molecule has 0 unspecified atom stereocenters. The standard InChI is InChI=1S/C19H17BrClN3O3S/c1-11-7-13(20)8-12(2)18(11)22-16(25)10-28-19-24-23-17(27-19)9-26-15-5-3-14(21)4-6-15/h3-8H,9-10H2,1-2H3,(H,22,25). The molecule has 146 valence electrons. The molecule has 9 heteroatoms. The summed E-state index contributed by atoms with van der Waals surface area (Å²) in [4.78, 5) is 12.3. The molecular formula is C19H17BrClN3O3S. The van der Waals surface area contributed by atoms with E-state index in [1.54, 1.807) is 24.3 Å². The normalized spacial score (nSPS) is 10.7. The minimum absolute atomic E-state index is 0.138. The Bertz CT molecular complexity index is 956. The zero-order valence-corrected chi connectivity index (χ0v) is 18.3. The predicted molar refractivity (Wildman–Crippen MR) is 113 cm³/mol. The fraction of sp³-hybridized carbons (Fsp3) is 0.211. The van der Waals surface area contributed by atoms with E-state index in [1.165, 1.54) is 11.8 Å². The van der Waals surface area contributed by atoms with E-state index >= 15 is 0 Å². The number of halogens is 2. The number of anilines is 1. The number of hydrogen-bond donors (Lipinski definition) is 1. The van der Waals surface area contributed by atoms with Crippen molar-refractivity contribution < 1.29 is 13.9 Å². The van der Waals surface area contributed by atoms with Gasteiger partial charge in [-0.05, 0) is 61.4 Å². The van der Waals surface area contributed by atoms with Crippen LogP contribution in [0.4, 0.5) is 5.69 Å². The van der Waals surface area contributed by atoms with Crippen LogP contribution in [-0.4, -0.2) is 21.9 Å². The summed E-state index contributed by atoms with van der Waals surface area (Å²) in [5.74, 6) is 0.999. The van der Waals surface area contributed by atoms with E-state index in [0.29, 0.717) is 21.9 Å². The smallest absolute Gasteiger partial charge is 0.277 e. The first-order valence-corrected chi connectivity index (χ1v) is 10.5. The number of nitrogens with one attached hydrogen (secondary N) is 1. The minimum atomic E-state index is -0.143. The lowest BCUT2D eigenvalue weighted by Crippen LogP contribution is -2.15. The van der Waals surface area contributed by atoms with Gasteiger partial charge in [0.25, 0.3) is 11.1 Å². The minimum Gasteiger partial charge on any atom is -0.484 e. The van der Waals surface area contributed by atoms with Crippen LogP contribution in [-0.2, 0) is 11.4 Å². The highest BCUT2D eigenvalue weighted by Gasteiger charge is 2.12. The van der Waals surface area contributed by atoms with Gasteiger partial charge >= 0.3 is 0 Å². The summed E-state index contributed by atoms with van der Waals surface area (Å²) in [6.07, 6.45) is 0. The van der Waals surface area contributed by atoms with Gasteiger partial charge in [-0.15, -0.1) is 10.2 Å². The number of amides is 1. The second-order valence-electron chi connectivity index (χ2n) is 5.96. The lowest BCUT2D eigenvalue weighted by atomic mass is 10.1. The molecule has 2 aromatic carbocycles. The second kappa shape index (κ2) is 9.45. The van der Waals surface area contributed by atoms with E-state index in [-0.39, 0.29) is 18.3 Å². The Morgan fingerprint density at radius 2 is 1.89 bits per heavy atom. The molecule has 3 aromatic rings. The lowest BCUT2D eigenvalue weighted by Gasteiger charge is -2.11. The molecule has 0 saturated carbocycles. The monoisotopic (exact) mass is 481 g/mol. The van der Waals surface area contributed by atoms with Crippen LogP contribution < -0.4 is 10.1 Å². The molecule has 1 N–H and O–H groups in total. The van der Waals surface area contributed by atoms with Gasteiger partial charge in [-0.3, -0.25) is 4.79 Å². The summed E-state index contributed by atoms with van der Waals surface area (Å²) in [6, 6.07) is 10.9. The van der Waals surface area contributed by atoms with Crippen LogP contribution in [0, 0.1) is 13.8 Å². The Balaban J connectivity index is 1.50. The van der Waals surface area contributed by atoms with E-state index < -0.39 is 0 Å². The van der Waals surface area contributed by atoms with Gasteiger partial charge in [0, 0.05) is 15.2 Å². The van der Waals surface area contributed by atoms with Crippen LogP contribution in [0.3, 0.4) is 0 Å². The van der Waals surface area contributed by atoms with Crippen LogP contribution in [0.15, 0.2) is 50.5 Å². The summed E-state index contributed by atoms with van der Waals surface area (Å²) in [5.41, 5.74) is 2.80. The lowest BCUT2D eigenvalue weighted by molar-refractivity contribution is -0.113. The van der Waals surface area contributed by atoms with Gasteiger partial charge in [0.15, 0.2) is 6.61 Å². The zero-order valence-electron chi connectivity index (χ0n) is 15.2. The quantitative estimate of drug-likeness (QED) is 0.454. The van der Waals surface area contributed by atoms with Crippen LogP contribution in [0.1, 0.15) is 17.0 Å².